The molecular formula is C13H21IN6O2S. The molecule has 0 aliphatic carbocycles. The van der Waals surface area contributed by atoms with E-state index >= 15 is 0 Å². The number of hydrogen-bond donors (Lipinski definition) is 3. The molecule has 0 bridgehead atoms. The highest BCUT2D eigenvalue weighted by atomic mass is 127. The number of urea groups is 1. The molecule has 1 saturated heterocycles. The monoisotopic (exact) mass is 452 g/mol. The van der Waals surface area contributed by atoms with Gasteiger partial charge in [-0.05, 0) is 13.8 Å². The Morgan fingerprint density at radius 3 is 2.83 bits per heavy atom. The molecule has 1 fully saturated rings. The summed E-state index contributed by atoms with van der Waals surface area (Å²) in [5.74, 6) is 0.439. The van der Waals surface area contributed by atoms with Crippen molar-refractivity contribution in [2.24, 2.45) is 4.99 Å². The van der Waals surface area contributed by atoms with Crippen LogP contribution in [-0.4, -0.2) is 54.0 Å². The molecule has 3 N–H and O–H groups in total. The van der Waals surface area contributed by atoms with Crippen molar-refractivity contribution in [3.05, 3.63) is 16.1 Å². The number of guanidine groups is 1. The molecule has 0 aromatic carbocycles. The molecular weight excluding hydrogens is 431 g/mol. The zero-order valence-corrected chi connectivity index (χ0v) is 16.2. The summed E-state index contributed by atoms with van der Waals surface area (Å²) < 4.78 is 0. The van der Waals surface area contributed by atoms with E-state index in [0.29, 0.717) is 25.6 Å². The lowest BCUT2D eigenvalue weighted by Gasteiger charge is -2.15. The van der Waals surface area contributed by atoms with Gasteiger partial charge < -0.3 is 16.0 Å². The molecule has 1 aromatic rings. The van der Waals surface area contributed by atoms with Crippen molar-refractivity contribution >= 4 is 53.2 Å². The fourth-order valence-electron chi connectivity index (χ4n) is 1.93. The van der Waals surface area contributed by atoms with Crippen LogP contribution in [0.25, 0.3) is 0 Å². The van der Waals surface area contributed by atoms with Crippen molar-refractivity contribution in [3.63, 3.8) is 0 Å². The number of halogens is 1. The topological polar surface area (TPSA) is 98.7 Å². The summed E-state index contributed by atoms with van der Waals surface area (Å²) in [5, 5.41) is 9.66. The van der Waals surface area contributed by atoms with Gasteiger partial charge >= 0.3 is 6.03 Å². The Labute approximate surface area is 156 Å². The zero-order valence-electron chi connectivity index (χ0n) is 13.1. The van der Waals surface area contributed by atoms with E-state index in [9.17, 15) is 9.59 Å². The van der Waals surface area contributed by atoms with Crippen LogP contribution in [0.1, 0.15) is 16.8 Å². The molecule has 0 atom stereocenters. The molecule has 1 aliphatic rings. The fraction of sp³-hybridized carbons (Fsp3) is 0.538. The van der Waals surface area contributed by atoms with Gasteiger partial charge in [-0.25, -0.2) is 14.8 Å². The number of nitrogens with zero attached hydrogens (tertiary/aromatic N) is 3. The minimum Gasteiger partial charge on any atom is -0.357 e. The highest BCUT2D eigenvalue weighted by Crippen LogP contribution is 2.11. The van der Waals surface area contributed by atoms with Crippen LogP contribution in [-0.2, 0) is 11.3 Å². The molecule has 2 heterocycles. The molecule has 8 nitrogen and oxygen atoms in total. The summed E-state index contributed by atoms with van der Waals surface area (Å²) in [7, 11) is 0. The van der Waals surface area contributed by atoms with Crippen molar-refractivity contribution < 1.29 is 9.59 Å². The van der Waals surface area contributed by atoms with Crippen molar-refractivity contribution in [3.8, 4) is 0 Å². The van der Waals surface area contributed by atoms with Crippen molar-refractivity contribution in [1.82, 2.24) is 25.8 Å². The van der Waals surface area contributed by atoms with Crippen LogP contribution in [0.3, 0.4) is 0 Å². The Bertz CT molecular complexity index is 561. The van der Waals surface area contributed by atoms with Crippen LogP contribution in [0.4, 0.5) is 4.79 Å². The predicted molar refractivity (Wildman–Crippen MR) is 100 cm³/mol. The lowest BCUT2D eigenvalue weighted by molar-refractivity contribution is -0.124. The summed E-state index contributed by atoms with van der Waals surface area (Å²) in [4.78, 5) is 33.9. The number of nitrogens with one attached hydrogen (secondary N) is 3. The van der Waals surface area contributed by atoms with Crippen molar-refractivity contribution in [2.75, 3.05) is 26.2 Å². The number of imide groups is 1. The van der Waals surface area contributed by atoms with E-state index in [1.54, 1.807) is 11.3 Å². The van der Waals surface area contributed by atoms with E-state index in [4.69, 9.17) is 0 Å². The number of aromatic nitrogens is 1. The van der Waals surface area contributed by atoms with Crippen molar-refractivity contribution in [2.45, 2.75) is 20.4 Å². The first-order valence-electron chi connectivity index (χ1n) is 7.12. The lowest BCUT2D eigenvalue weighted by atomic mass is 10.5. The second-order valence-electron chi connectivity index (χ2n) is 4.69. The lowest BCUT2D eigenvalue weighted by Crippen LogP contribution is -2.43. The zero-order chi connectivity index (χ0) is 15.9. The van der Waals surface area contributed by atoms with Gasteiger partial charge in [0.05, 0.1) is 13.1 Å². The molecule has 0 saturated carbocycles. The van der Waals surface area contributed by atoms with Gasteiger partial charge in [-0.1, -0.05) is 0 Å². The molecule has 0 unspecified atom stereocenters. The van der Waals surface area contributed by atoms with Gasteiger partial charge in [-0.3, -0.25) is 9.69 Å². The maximum absolute atomic E-state index is 11.5. The normalized spacial score (nSPS) is 14.5. The first kappa shape index (κ1) is 19.6. The molecule has 0 radical (unpaired) electrons. The summed E-state index contributed by atoms with van der Waals surface area (Å²) in [5.41, 5.74) is 0. The van der Waals surface area contributed by atoms with Gasteiger partial charge in [0.1, 0.15) is 5.01 Å². The molecule has 1 aromatic heterocycles. The summed E-state index contributed by atoms with van der Waals surface area (Å²) >= 11 is 1.61. The Kier molecular flexibility index (Phi) is 8.23. The summed E-state index contributed by atoms with van der Waals surface area (Å²) in [6.07, 6.45) is 1.83. The molecule has 2 rings (SSSR count). The number of amides is 3. The largest absolute Gasteiger partial charge is 0.357 e. The Morgan fingerprint density at radius 1 is 1.48 bits per heavy atom. The fourth-order valence-corrected chi connectivity index (χ4v) is 2.64. The minimum absolute atomic E-state index is 0. The number of aryl methyl sites for hydroxylation is 1. The van der Waals surface area contributed by atoms with Crippen LogP contribution in [0.15, 0.2) is 11.2 Å². The summed E-state index contributed by atoms with van der Waals surface area (Å²) in [6, 6.07) is -0.341. The number of hydrogen-bond acceptors (Lipinski definition) is 5. The van der Waals surface area contributed by atoms with Crippen LogP contribution in [0, 0.1) is 6.92 Å². The maximum atomic E-state index is 11.5. The Hall–Kier alpha value is -1.43. The predicted octanol–water partition coefficient (Wildman–Crippen LogP) is 0.676. The van der Waals surface area contributed by atoms with E-state index in [1.807, 2.05) is 20.0 Å². The van der Waals surface area contributed by atoms with Gasteiger partial charge in [0.25, 0.3) is 0 Å². The number of carbonyl (C=O) groups excluding carboxylic acids is 2. The van der Waals surface area contributed by atoms with Crippen LogP contribution in [0.2, 0.25) is 0 Å². The van der Waals surface area contributed by atoms with E-state index in [-0.39, 0.29) is 42.5 Å². The van der Waals surface area contributed by atoms with Gasteiger partial charge in [0.2, 0.25) is 5.91 Å². The third-order valence-corrected chi connectivity index (χ3v) is 3.85. The molecule has 128 valence electrons. The van der Waals surface area contributed by atoms with E-state index in [1.165, 1.54) is 4.90 Å². The van der Waals surface area contributed by atoms with E-state index < -0.39 is 0 Å². The van der Waals surface area contributed by atoms with Gasteiger partial charge in [-0.15, -0.1) is 35.3 Å². The quantitative estimate of drug-likeness (QED) is 0.255. The summed E-state index contributed by atoms with van der Waals surface area (Å²) in [6.45, 7) is 6.04. The Morgan fingerprint density at radius 2 is 2.26 bits per heavy atom. The molecule has 23 heavy (non-hydrogen) atoms. The maximum Gasteiger partial charge on any atom is 0.324 e. The first-order chi connectivity index (χ1) is 10.6. The van der Waals surface area contributed by atoms with Gasteiger partial charge in [0.15, 0.2) is 5.96 Å². The van der Waals surface area contributed by atoms with E-state index in [2.05, 4.69) is 25.9 Å². The average molecular weight is 452 g/mol. The molecule has 3 amide bonds. The molecule has 1 aliphatic heterocycles. The second-order valence-corrected chi connectivity index (χ2v) is 6.01. The second kappa shape index (κ2) is 9.65. The number of carbonyl (C=O) groups is 2. The van der Waals surface area contributed by atoms with E-state index in [0.717, 1.165) is 16.4 Å². The van der Waals surface area contributed by atoms with Gasteiger partial charge in [0, 0.05) is 30.7 Å². The third kappa shape index (κ3) is 5.94. The SMILES string of the molecule is CCNC(=NCc1ncc(C)s1)NCCN1C(=O)CNC1=O.I. The molecule has 0 spiro atoms. The number of rotatable bonds is 6. The standard InChI is InChI=1S/C13H20N6O2S.HI/c1-3-14-12(17-7-10-16-6-9(2)22-10)15-4-5-19-11(20)8-18-13(19)21;/h6H,3-5,7-8H2,1-2H3,(H,18,21)(H2,14,15,17);1H. The van der Waals surface area contributed by atoms with Crippen LogP contribution in [0.5, 0.6) is 0 Å². The minimum atomic E-state index is -0.341. The van der Waals surface area contributed by atoms with Crippen LogP contribution >= 0.6 is 35.3 Å². The van der Waals surface area contributed by atoms with Gasteiger partial charge in [-0.2, -0.15) is 0 Å². The average Bonchev–Trinajstić information content (AvgIpc) is 3.04. The van der Waals surface area contributed by atoms with Crippen LogP contribution < -0.4 is 16.0 Å². The Balaban J connectivity index is 0.00000264. The smallest absolute Gasteiger partial charge is 0.324 e. The third-order valence-electron chi connectivity index (χ3n) is 2.95. The number of aliphatic imine (C=N–C) groups is 1. The number of thiazole rings is 1. The highest BCUT2D eigenvalue weighted by Gasteiger charge is 2.27. The first-order valence-corrected chi connectivity index (χ1v) is 7.93. The van der Waals surface area contributed by atoms with Crippen molar-refractivity contribution in [1.29, 1.82) is 0 Å². The highest BCUT2D eigenvalue weighted by molar-refractivity contribution is 14.0. The molecule has 10 heteroatoms.